The molecule has 3 nitrogen and oxygen atoms in total. The Kier molecular flexibility index (Phi) is 2.39. The molecule has 0 bridgehead atoms. The van der Waals surface area contributed by atoms with Crippen molar-refractivity contribution in [3.05, 3.63) is 35.9 Å². The van der Waals surface area contributed by atoms with Gasteiger partial charge >= 0.3 is 0 Å². The summed E-state index contributed by atoms with van der Waals surface area (Å²) in [5.41, 5.74) is 1.26. The maximum Gasteiger partial charge on any atom is 0.112 e. The average Bonchev–Trinajstić information content (AvgIpc) is 2.90. The molecule has 3 heteroatoms. The highest BCUT2D eigenvalue weighted by molar-refractivity contribution is 5.22. The quantitative estimate of drug-likeness (QED) is 0.718. The van der Waals surface area contributed by atoms with Crippen LogP contribution in [0.2, 0.25) is 0 Å². The molecule has 1 unspecified atom stereocenters. The molecule has 2 heterocycles. The first-order chi connectivity index (χ1) is 7.90. The number of fused-ring (bicyclic) bond motifs is 1. The van der Waals surface area contributed by atoms with Gasteiger partial charge in [-0.3, -0.25) is 4.90 Å². The maximum absolute atomic E-state index is 9.13. The van der Waals surface area contributed by atoms with E-state index in [1.54, 1.807) is 0 Å². The molecule has 0 aliphatic carbocycles. The van der Waals surface area contributed by atoms with Gasteiger partial charge in [-0.05, 0) is 18.4 Å². The zero-order valence-electron chi connectivity index (χ0n) is 9.04. The second-order valence-electron chi connectivity index (χ2n) is 4.38. The topological polar surface area (TPSA) is 36.3 Å². The Morgan fingerprint density at radius 3 is 2.81 bits per heavy atom. The lowest BCUT2D eigenvalue weighted by molar-refractivity contribution is 0.0526. The molecule has 0 N–H and O–H groups in total. The Hall–Kier alpha value is -1.37. The van der Waals surface area contributed by atoms with E-state index in [0.717, 1.165) is 12.8 Å². The molecule has 0 aromatic heterocycles. The van der Waals surface area contributed by atoms with E-state index in [1.807, 2.05) is 18.2 Å². The number of nitriles is 1. The predicted octanol–water partition coefficient (Wildman–Crippen LogP) is 2.07. The Labute approximate surface area is 95.2 Å². The highest BCUT2D eigenvalue weighted by Gasteiger charge is 2.44. The summed E-state index contributed by atoms with van der Waals surface area (Å²) < 4.78 is 5.75. The third-order valence-electron chi connectivity index (χ3n) is 3.52. The van der Waals surface area contributed by atoms with E-state index < -0.39 is 0 Å². The molecular weight excluding hydrogens is 200 g/mol. The molecule has 2 fully saturated rings. The third-order valence-corrected chi connectivity index (χ3v) is 3.52. The molecule has 16 heavy (non-hydrogen) atoms. The molecule has 2 aliphatic rings. The van der Waals surface area contributed by atoms with E-state index in [0.29, 0.717) is 6.61 Å². The first-order valence-corrected chi connectivity index (χ1v) is 5.74. The number of nitrogens with zero attached hydrogens (tertiary/aromatic N) is 2. The van der Waals surface area contributed by atoms with Gasteiger partial charge in [0.2, 0.25) is 0 Å². The standard InChI is InChI=1S/C13H14N2O/c14-8-11-6-7-13-15(11)12(9-16-13)10-4-2-1-3-5-10/h1-5,11-13H,6-7,9H2/t11?,12-,13-/m0/s1. The van der Waals surface area contributed by atoms with Crippen LogP contribution in [-0.4, -0.2) is 23.8 Å². The summed E-state index contributed by atoms with van der Waals surface area (Å²) in [6.07, 6.45) is 2.08. The van der Waals surface area contributed by atoms with Gasteiger partial charge in [-0.1, -0.05) is 30.3 Å². The van der Waals surface area contributed by atoms with Gasteiger partial charge in [0.1, 0.15) is 12.3 Å². The predicted molar refractivity (Wildman–Crippen MR) is 59.4 cm³/mol. The van der Waals surface area contributed by atoms with Crippen LogP contribution in [0, 0.1) is 11.3 Å². The van der Waals surface area contributed by atoms with Crippen molar-refractivity contribution >= 4 is 0 Å². The summed E-state index contributed by atoms with van der Waals surface area (Å²) in [6, 6.07) is 13.0. The van der Waals surface area contributed by atoms with Crippen LogP contribution in [-0.2, 0) is 4.74 Å². The smallest absolute Gasteiger partial charge is 0.112 e. The summed E-state index contributed by atoms with van der Waals surface area (Å²) in [4.78, 5) is 2.23. The molecule has 3 atom stereocenters. The van der Waals surface area contributed by atoms with Crippen LogP contribution in [0.5, 0.6) is 0 Å². The SMILES string of the molecule is N#CC1CC[C@@H]2OC[C@@H](c3ccccc3)N12. The molecule has 0 saturated carbocycles. The van der Waals surface area contributed by atoms with Crippen molar-refractivity contribution in [1.29, 1.82) is 5.26 Å². The van der Waals surface area contributed by atoms with Crippen molar-refractivity contribution in [2.45, 2.75) is 31.2 Å². The molecule has 1 aromatic rings. The molecular formula is C13H14N2O. The number of rotatable bonds is 1. The lowest BCUT2D eigenvalue weighted by Crippen LogP contribution is -2.33. The number of benzene rings is 1. The van der Waals surface area contributed by atoms with E-state index in [9.17, 15) is 0 Å². The Morgan fingerprint density at radius 1 is 1.25 bits per heavy atom. The van der Waals surface area contributed by atoms with Crippen LogP contribution in [0.25, 0.3) is 0 Å². The maximum atomic E-state index is 9.13. The van der Waals surface area contributed by atoms with Gasteiger partial charge < -0.3 is 4.74 Å². The van der Waals surface area contributed by atoms with E-state index >= 15 is 0 Å². The van der Waals surface area contributed by atoms with E-state index in [4.69, 9.17) is 10.00 Å². The van der Waals surface area contributed by atoms with Gasteiger partial charge in [0.05, 0.1) is 18.7 Å². The van der Waals surface area contributed by atoms with Crippen LogP contribution in [0.3, 0.4) is 0 Å². The van der Waals surface area contributed by atoms with Gasteiger partial charge in [0, 0.05) is 0 Å². The fourth-order valence-electron chi connectivity index (χ4n) is 2.75. The normalized spacial score (nSPS) is 33.6. The summed E-state index contributed by atoms with van der Waals surface area (Å²) in [5, 5.41) is 9.13. The summed E-state index contributed by atoms with van der Waals surface area (Å²) in [7, 11) is 0. The fraction of sp³-hybridized carbons (Fsp3) is 0.462. The zero-order valence-corrected chi connectivity index (χ0v) is 9.04. The second kappa shape index (κ2) is 3.89. The first-order valence-electron chi connectivity index (χ1n) is 5.74. The van der Waals surface area contributed by atoms with Crippen LogP contribution in [0.1, 0.15) is 24.4 Å². The summed E-state index contributed by atoms with van der Waals surface area (Å²) >= 11 is 0. The van der Waals surface area contributed by atoms with Crippen LogP contribution in [0.4, 0.5) is 0 Å². The highest BCUT2D eigenvalue weighted by atomic mass is 16.5. The number of hydrogen-bond donors (Lipinski definition) is 0. The zero-order chi connectivity index (χ0) is 11.0. The second-order valence-corrected chi connectivity index (χ2v) is 4.38. The van der Waals surface area contributed by atoms with Crippen LogP contribution >= 0.6 is 0 Å². The molecule has 2 aliphatic heterocycles. The van der Waals surface area contributed by atoms with E-state index in [2.05, 4.69) is 23.1 Å². The van der Waals surface area contributed by atoms with Gasteiger partial charge in [-0.2, -0.15) is 5.26 Å². The van der Waals surface area contributed by atoms with Crippen molar-refractivity contribution in [1.82, 2.24) is 4.90 Å². The van der Waals surface area contributed by atoms with Crippen molar-refractivity contribution in [2.75, 3.05) is 6.61 Å². The minimum absolute atomic E-state index is 0.0257. The van der Waals surface area contributed by atoms with E-state index in [-0.39, 0.29) is 18.3 Å². The minimum Gasteiger partial charge on any atom is -0.361 e. The van der Waals surface area contributed by atoms with Crippen LogP contribution < -0.4 is 0 Å². The van der Waals surface area contributed by atoms with Crippen molar-refractivity contribution < 1.29 is 4.74 Å². The van der Waals surface area contributed by atoms with Gasteiger partial charge in [0.15, 0.2) is 0 Å². The Bertz CT molecular complexity index is 412. The molecule has 1 aromatic carbocycles. The Morgan fingerprint density at radius 2 is 2.06 bits per heavy atom. The van der Waals surface area contributed by atoms with Gasteiger partial charge in [0.25, 0.3) is 0 Å². The highest BCUT2D eigenvalue weighted by Crippen LogP contribution is 2.39. The van der Waals surface area contributed by atoms with E-state index in [1.165, 1.54) is 5.56 Å². The third kappa shape index (κ3) is 1.42. The fourth-order valence-corrected chi connectivity index (χ4v) is 2.75. The van der Waals surface area contributed by atoms with Crippen molar-refractivity contribution in [3.63, 3.8) is 0 Å². The molecule has 0 radical (unpaired) electrons. The first kappa shape index (κ1) is 9.83. The Balaban J connectivity index is 1.90. The van der Waals surface area contributed by atoms with Gasteiger partial charge in [-0.25, -0.2) is 0 Å². The van der Waals surface area contributed by atoms with Gasteiger partial charge in [-0.15, -0.1) is 0 Å². The average molecular weight is 214 g/mol. The van der Waals surface area contributed by atoms with Crippen molar-refractivity contribution in [2.24, 2.45) is 0 Å². The minimum atomic E-state index is 0.0257. The molecule has 0 spiro atoms. The summed E-state index contributed by atoms with van der Waals surface area (Å²) in [5.74, 6) is 0. The largest absolute Gasteiger partial charge is 0.361 e. The lowest BCUT2D eigenvalue weighted by Gasteiger charge is -2.24. The van der Waals surface area contributed by atoms with Crippen molar-refractivity contribution in [3.8, 4) is 6.07 Å². The molecule has 2 saturated heterocycles. The van der Waals surface area contributed by atoms with Crippen LogP contribution in [0.15, 0.2) is 30.3 Å². The molecule has 82 valence electrons. The summed E-state index contributed by atoms with van der Waals surface area (Å²) in [6.45, 7) is 0.715. The molecule has 0 amide bonds. The lowest BCUT2D eigenvalue weighted by atomic mass is 10.1. The molecule has 3 rings (SSSR count). The number of ether oxygens (including phenoxy) is 1. The monoisotopic (exact) mass is 214 g/mol. The number of hydrogen-bond acceptors (Lipinski definition) is 3.